The minimum absolute atomic E-state index is 0.293. The maximum atomic E-state index is 6.15. The zero-order valence-electron chi connectivity index (χ0n) is 13.8. The summed E-state index contributed by atoms with van der Waals surface area (Å²) in [7, 11) is 0. The van der Waals surface area contributed by atoms with Gasteiger partial charge in [0.1, 0.15) is 11.4 Å². The molecule has 0 N–H and O–H groups in total. The Morgan fingerprint density at radius 3 is 2.17 bits per heavy atom. The Morgan fingerprint density at radius 2 is 1.52 bits per heavy atom. The molecule has 0 fully saturated rings. The van der Waals surface area contributed by atoms with Crippen molar-refractivity contribution < 1.29 is 4.74 Å². The Hall–Kier alpha value is -1.93. The molecule has 118 valence electrons. The number of thioether (sulfide) groups is 1. The summed E-state index contributed by atoms with van der Waals surface area (Å²) >= 11 is 1.88. The summed E-state index contributed by atoms with van der Waals surface area (Å²) < 4.78 is 6.15. The van der Waals surface area contributed by atoms with Gasteiger partial charge >= 0.3 is 0 Å². The van der Waals surface area contributed by atoms with Gasteiger partial charge in [0.2, 0.25) is 0 Å². The molecule has 2 heteroatoms. The molecular weight excluding hydrogens is 300 g/mol. The average Bonchev–Trinajstić information content (AvgIpc) is 2.55. The summed E-state index contributed by atoms with van der Waals surface area (Å²) in [4.78, 5) is 1.26. The lowest BCUT2D eigenvalue weighted by atomic mass is 10.0. The fraction of sp³-hybridized carbons (Fsp3) is 0.238. The minimum Gasteiger partial charge on any atom is -0.483 e. The Labute approximate surface area is 143 Å². The molecule has 1 nitrogen and oxygen atoms in total. The largest absolute Gasteiger partial charge is 0.483 e. The van der Waals surface area contributed by atoms with Crippen LogP contribution in [0.3, 0.4) is 0 Å². The van der Waals surface area contributed by atoms with Crippen molar-refractivity contribution in [3.63, 3.8) is 0 Å². The Kier molecular flexibility index (Phi) is 4.63. The van der Waals surface area contributed by atoms with Crippen LogP contribution in [-0.2, 0) is 4.74 Å². The molecule has 0 radical (unpaired) electrons. The lowest BCUT2D eigenvalue weighted by Crippen LogP contribution is -2.23. The third kappa shape index (κ3) is 4.08. The van der Waals surface area contributed by atoms with E-state index < -0.39 is 0 Å². The van der Waals surface area contributed by atoms with Crippen LogP contribution >= 0.6 is 11.8 Å². The quantitative estimate of drug-likeness (QED) is 0.661. The second-order valence-electron chi connectivity index (χ2n) is 6.30. The van der Waals surface area contributed by atoms with E-state index in [-0.39, 0.29) is 5.60 Å². The first-order valence-corrected chi connectivity index (χ1v) is 8.82. The van der Waals surface area contributed by atoms with E-state index in [2.05, 4.69) is 75.4 Å². The van der Waals surface area contributed by atoms with Crippen molar-refractivity contribution in [2.45, 2.75) is 31.6 Å². The van der Waals surface area contributed by atoms with Crippen LogP contribution in [0.2, 0.25) is 0 Å². The lowest BCUT2D eigenvalue weighted by molar-refractivity contribution is 0.123. The molecule has 23 heavy (non-hydrogen) atoms. The summed E-state index contributed by atoms with van der Waals surface area (Å²) in [6.45, 7) is 6.46. The van der Waals surface area contributed by atoms with Gasteiger partial charge in [-0.3, -0.25) is 0 Å². The second-order valence-corrected chi connectivity index (χ2v) is 7.71. The molecule has 0 saturated carbocycles. The van der Waals surface area contributed by atoms with Gasteiger partial charge in [-0.1, -0.05) is 60.7 Å². The highest BCUT2D eigenvalue weighted by molar-refractivity contribution is 8.03. The van der Waals surface area contributed by atoms with Crippen molar-refractivity contribution >= 4 is 17.5 Å². The molecule has 0 saturated heterocycles. The van der Waals surface area contributed by atoms with Crippen molar-refractivity contribution in [2.75, 3.05) is 0 Å². The number of hydrogen-bond donors (Lipinski definition) is 0. The van der Waals surface area contributed by atoms with Gasteiger partial charge < -0.3 is 4.74 Å². The summed E-state index contributed by atoms with van der Waals surface area (Å²) in [5.74, 6) is 0.945. The molecule has 1 aliphatic heterocycles. The van der Waals surface area contributed by atoms with Crippen LogP contribution in [-0.4, -0.2) is 5.60 Å². The maximum absolute atomic E-state index is 6.15. The highest BCUT2D eigenvalue weighted by Gasteiger charge is 2.25. The minimum atomic E-state index is -0.293. The normalized spacial score (nSPS) is 17.7. The smallest absolute Gasteiger partial charge is 0.128 e. The third-order valence-corrected chi connectivity index (χ3v) is 4.91. The van der Waals surface area contributed by atoms with E-state index in [1.807, 2.05) is 30.0 Å². The molecule has 0 bridgehead atoms. The van der Waals surface area contributed by atoms with E-state index in [4.69, 9.17) is 4.74 Å². The number of hydrogen-bond acceptors (Lipinski definition) is 2. The monoisotopic (exact) mass is 322 g/mol. The molecule has 1 heterocycles. The fourth-order valence-corrected chi connectivity index (χ4v) is 3.89. The number of benzene rings is 2. The first-order valence-electron chi connectivity index (χ1n) is 7.94. The van der Waals surface area contributed by atoms with Crippen LogP contribution in [0.25, 0.3) is 5.76 Å². The van der Waals surface area contributed by atoms with E-state index in [1.54, 1.807) is 0 Å². The van der Waals surface area contributed by atoms with E-state index >= 15 is 0 Å². The summed E-state index contributed by atoms with van der Waals surface area (Å²) in [5, 5.41) is 0.407. The topological polar surface area (TPSA) is 9.23 Å². The highest BCUT2D eigenvalue weighted by Crippen LogP contribution is 2.41. The molecule has 0 aliphatic carbocycles. The predicted octanol–water partition coefficient (Wildman–Crippen LogP) is 6.21. The SMILES string of the molecule is CC(SC1=CC(C)(C)OC(c2ccccc2)=C1)c1ccccc1. The standard InChI is InChI=1S/C21H22OS/c1-16(17-10-6-4-7-11-17)23-19-14-20(22-21(2,3)15-19)18-12-8-5-9-13-18/h4-16H,1-3H3. The van der Waals surface area contributed by atoms with Gasteiger partial charge in [-0.05, 0) is 38.5 Å². The summed E-state index contributed by atoms with van der Waals surface area (Å²) in [6.07, 6.45) is 4.37. The molecule has 2 aromatic rings. The lowest BCUT2D eigenvalue weighted by Gasteiger charge is -2.30. The predicted molar refractivity (Wildman–Crippen MR) is 100 cm³/mol. The maximum Gasteiger partial charge on any atom is 0.128 e. The highest BCUT2D eigenvalue weighted by atomic mass is 32.2. The molecule has 0 spiro atoms. The van der Waals surface area contributed by atoms with Gasteiger partial charge in [-0.2, -0.15) is 0 Å². The van der Waals surface area contributed by atoms with Gasteiger partial charge in [0.25, 0.3) is 0 Å². The van der Waals surface area contributed by atoms with Gasteiger partial charge in [0, 0.05) is 15.7 Å². The van der Waals surface area contributed by atoms with Crippen LogP contribution in [0.15, 0.2) is 77.7 Å². The molecule has 0 amide bonds. The molecule has 1 atom stereocenters. The van der Waals surface area contributed by atoms with E-state index in [0.29, 0.717) is 5.25 Å². The number of rotatable bonds is 4. The molecular formula is C21H22OS. The second kappa shape index (κ2) is 6.67. The first kappa shape index (κ1) is 15.9. The van der Waals surface area contributed by atoms with Gasteiger partial charge in [-0.25, -0.2) is 0 Å². The fourth-order valence-electron chi connectivity index (χ4n) is 2.66. The van der Waals surface area contributed by atoms with Crippen LogP contribution in [0.5, 0.6) is 0 Å². The van der Waals surface area contributed by atoms with Crippen LogP contribution in [0.1, 0.15) is 37.1 Å². The Balaban J connectivity index is 1.85. The van der Waals surface area contributed by atoms with E-state index in [1.165, 1.54) is 10.5 Å². The number of ether oxygens (including phenoxy) is 1. The molecule has 3 rings (SSSR count). The summed E-state index contributed by atoms with van der Waals surface area (Å²) in [5.41, 5.74) is 2.18. The van der Waals surface area contributed by atoms with Crippen molar-refractivity contribution in [1.29, 1.82) is 0 Å². The molecule has 2 aromatic carbocycles. The Morgan fingerprint density at radius 1 is 0.913 bits per heavy atom. The van der Waals surface area contributed by atoms with Gasteiger partial charge in [0.15, 0.2) is 0 Å². The third-order valence-electron chi connectivity index (χ3n) is 3.78. The zero-order valence-corrected chi connectivity index (χ0v) is 14.6. The van der Waals surface area contributed by atoms with Gasteiger partial charge in [0.05, 0.1) is 0 Å². The van der Waals surface area contributed by atoms with E-state index in [9.17, 15) is 0 Å². The molecule has 1 aliphatic rings. The Bertz CT molecular complexity index is 714. The van der Waals surface area contributed by atoms with E-state index in [0.717, 1.165) is 11.3 Å². The van der Waals surface area contributed by atoms with Crippen LogP contribution in [0, 0.1) is 0 Å². The average molecular weight is 322 g/mol. The van der Waals surface area contributed by atoms with Crippen LogP contribution < -0.4 is 0 Å². The van der Waals surface area contributed by atoms with Crippen LogP contribution in [0.4, 0.5) is 0 Å². The van der Waals surface area contributed by atoms with Crippen molar-refractivity contribution in [2.24, 2.45) is 0 Å². The molecule has 0 aromatic heterocycles. The van der Waals surface area contributed by atoms with Crippen molar-refractivity contribution in [3.05, 3.63) is 88.8 Å². The molecule has 1 unspecified atom stereocenters. The zero-order chi connectivity index (χ0) is 16.3. The first-order chi connectivity index (χ1) is 11.0. The summed E-state index contributed by atoms with van der Waals surface area (Å²) in [6, 6.07) is 20.9. The van der Waals surface area contributed by atoms with Crippen molar-refractivity contribution in [1.82, 2.24) is 0 Å². The number of allylic oxidation sites excluding steroid dienone is 1. The van der Waals surface area contributed by atoms with Gasteiger partial charge in [-0.15, -0.1) is 11.8 Å². The van der Waals surface area contributed by atoms with Crippen molar-refractivity contribution in [3.8, 4) is 0 Å².